The average molecular weight is 482 g/mol. The number of hydrogen-bond acceptors (Lipinski definition) is 7. The number of rotatable bonds is 6. The van der Waals surface area contributed by atoms with Gasteiger partial charge in [-0.2, -0.15) is 0 Å². The Labute approximate surface area is 199 Å². The number of aromatic nitrogens is 3. The van der Waals surface area contributed by atoms with E-state index in [9.17, 15) is 4.79 Å². The zero-order valence-corrected chi connectivity index (χ0v) is 19.1. The van der Waals surface area contributed by atoms with Crippen LogP contribution >= 0.6 is 23.4 Å². The maximum atomic E-state index is 13.2. The number of fused-ring (bicyclic) bond motifs is 1. The fraction of sp³-hybridized carbons (Fsp3) is 0.174. The molecule has 2 aromatic carbocycles. The Balaban J connectivity index is 1.49. The highest BCUT2D eigenvalue weighted by atomic mass is 35.5. The molecule has 5 rings (SSSR count). The number of ether oxygens (including phenoxy) is 1. The summed E-state index contributed by atoms with van der Waals surface area (Å²) >= 11 is 7.75. The Morgan fingerprint density at radius 2 is 2.06 bits per heavy atom. The van der Waals surface area contributed by atoms with Crippen molar-refractivity contribution in [3.05, 3.63) is 83.3 Å². The fourth-order valence-corrected chi connectivity index (χ4v) is 5.01. The minimum atomic E-state index is -0.523. The first kappa shape index (κ1) is 21.4. The Morgan fingerprint density at radius 1 is 1.21 bits per heavy atom. The van der Waals surface area contributed by atoms with Crippen molar-refractivity contribution >= 4 is 29.3 Å². The Morgan fingerprint density at radius 3 is 2.79 bits per heavy atom. The predicted molar refractivity (Wildman–Crippen MR) is 126 cm³/mol. The normalized spacial score (nSPS) is 17.2. The zero-order valence-electron chi connectivity index (χ0n) is 17.6. The minimum absolute atomic E-state index is 0.156. The van der Waals surface area contributed by atoms with Gasteiger partial charge in [-0.05, 0) is 29.8 Å². The largest absolute Gasteiger partial charge is 0.495 e. The SMILES string of the molecule is COc1ccc(C2Nn3c(nnc3-c3ccccc3)SC2C(=O)NCc2ccco2)cc1Cl. The summed E-state index contributed by atoms with van der Waals surface area (Å²) < 4.78 is 12.4. The highest BCUT2D eigenvalue weighted by Gasteiger charge is 2.38. The van der Waals surface area contributed by atoms with Gasteiger partial charge in [0.1, 0.15) is 16.8 Å². The molecule has 33 heavy (non-hydrogen) atoms. The van der Waals surface area contributed by atoms with Crippen LogP contribution in [-0.2, 0) is 11.3 Å². The number of carbonyl (C=O) groups excluding carboxylic acids is 1. The number of thioether (sulfide) groups is 1. The van der Waals surface area contributed by atoms with E-state index in [1.807, 2.05) is 53.2 Å². The summed E-state index contributed by atoms with van der Waals surface area (Å²) in [6.07, 6.45) is 1.58. The van der Waals surface area contributed by atoms with Gasteiger partial charge in [0.2, 0.25) is 11.1 Å². The van der Waals surface area contributed by atoms with E-state index in [4.69, 9.17) is 20.8 Å². The van der Waals surface area contributed by atoms with Crippen molar-refractivity contribution in [1.82, 2.24) is 20.2 Å². The molecule has 2 atom stereocenters. The maximum absolute atomic E-state index is 13.2. The zero-order chi connectivity index (χ0) is 22.8. The second-order valence-electron chi connectivity index (χ2n) is 7.34. The van der Waals surface area contributed by atoms with Crippen LogP contribution < -0.4 is 15.5 Å². The van der Waals surface area contributed by atoms with Gasteiger partial charge in [-0.25, -0.2) is 4.68 Å². The van der Waals surface area contributed by atoms with Gasteiger partial charge in [-0.1, -0.05) is 59.8 Å². The maximum Gasteiger partial charge on any atom is 0.236 e. The quantitative estimate of drug-likeness (QED) is 0.424. The first-order valence-corrected chi connectivity index (χ1v) is 11.5. The van der Waals surface area contributed by atoms with E-state index in [0.29, 0.717) is 34.1 Å². The molecule has 1 amide bonds. The van der Waals surface area contributed by atoms with Gasteiger partial charge in [0.25, 0.3) is 0 Å². The van der Waals surface area contributed by atoms with Crippen LogP contribution in [0.25, 0.3) is 11.4 Å². The van der Waals surface area contributed by atoms with Gasteiger partial charge >= 0.3 is 0 Å². The molecule has 2 unspecified atom stereocenters. The third kappa shape index (κ3) is 4.29. The number of nitrogens with one attached hydrogen (secondary N) is 2. The topological polar surface area (TPSA) is 94.2 Å². The van der Waals surface area contributed by atoms with Crippen LogP contribution in [0.1, 0.15) is 17.4 Å². The molecule has 8 nitrogen and oxygen atoms in total. The van der Waals surface area contributed by atoms with Crippen LogP contribution in [0.5, 0.6) is 5.75 Å². The third-order valence-corrected chi connectivity index (χ3v) is 6.79. The standard InChI is InChI=1S/C23H20ClN5O3S/c1-31-18-10-9-15(12-17(18)24)19-20(22(30)25-13-16-8-5-11-32-16)33-23-27-26-21(29(23)28-19)14-6-3-2-4-7-14/h2-12,19-20,28H,13H2,1H3,(H,25,30). The molecule has 0 bridgehead atoms. The molecule has 10 heteroatoms. The van der Waals surface area contributed by atoms with Crippen LogP contribution in [0.2, 0.25) is 5.02 Å². The molecule has 1 aliphatic heterocycles. The number of halogens is 1. The molecule has 0 saturated heterocycles. The number of amides is 1. The molecule has 0 aliphatic carbocycles. The van der Waals surface area contributed by atoms with E-state index < -0.39 is 11.3 Å². The third-order valence-electron chi connectivity index (χ3n) is 5.28. The van der Waals surface area contributed by atoms with Gasteiger partial charge in [0.15, 0.2) is 5.82 Å². The number of hydrogen-bond donors (Lipinski definition) is 2. The van der Waals surface area contributed by atoms with Crippen molar-refractivity contribution in [3.8, 4) is 17.1 Å². The minimum Gasteiger partial charge on any atom is -0.495 e. The van der Waals surface area contributed by atoms with Crippen LogP contribution in [-0.4, -0.2) is 33.1 Å². The summed E-state index contributed by atoms with van der Waals surface area (Å²) in [6.45, 7) is 0.293. The van der Waals surface area contributed by atoms with Crippen LogP contribution in [0.4, 0.5) is 0 Å². The van der Waals surface area contributed by atoms with E-state index in [1.54, 1.807) is 25.5 Å². The van der Waals surface area contributed by atoms with Crippen LogP contribution in [0.3, 0.4) is 0 Å². The molecule has 0 spiro atoms. The number of methoxy groups -OCH3 is 1. The lowest BCUT2D eigenvalue weighted by atomic mass is 10.0. The van der Waals surface area contributed by atoms with E-state index in [-0.39, 0.29) is 5.91 Å². The monoisotopic (exact) mass is 481 g/mol. The van der Waals surface area contributed by atoms with Crippen molar-refractivity contribution in [2.45, 2.75) is 23.0 Å². The Hall–Kier alpha value is -3.43. The number of carbonyl (C=O) groups is 1. The van der Waals surface area contributed by atoms with Crippen molar-refractivity contribution in [2.24, 2.45) is 0 Å². The number of nitrogens with zero attached hydrogens (tertiary/aromatic N) is 3. The molecule has 1 aliphatic rings. The lowest BCUT2D eigenvalue weighted by Gasteiger charge is -2.33. The summed E-state index contributed by atoms with van der Waals surface area (Å²) in [5.41, 5.74) is 5.19. The molecule has 4 aromatic rings. The van der Waals surface area contributed by atoms with Crippen molar-refractivity contribution < 1.29 is 13.9 Å². The van der Waals surface area contributed by atoms with Crippen LogP contribution in [0, 0.1) is 0 Å². The molecule has 2 N–H and O–H groups in total. The summed E-state index contributed by atoms with van der Waals surface area (Å²) in [7, 11) is 1.57. The molecule has 0 saturated carbocycles. The summed E-state index contributed by atoms with van der Waals surface area (Å²) in [4.78, 5) is 13.2. The Bertz CT molecular complexity index is 1260. The lowest BCUT2D eigenvalue weighted by molar-refractivity contribution is -0.121. The van der Waals surface area contributed by atoms with Gasteiger partial charge in [-0.3, -0.25) is 4.79 Å². The van der Waals surface area contributed by atoms with E-state index >= 15 is 0 Å². The lowest BCUT2D eigenvalue weighted by Crippen LogP contribution is -2.43. The van der Waals surface area contributed by atoms with Gasteiger partial charge in [0, 0.05) is 5.56 Å². The van der Waals surface area contributed by atoms with Gasteiger partial charge < -0.3 is 19.9 Å². The first-order valence-electron chi connectivity index (χ1n) is 10.2. The van der Waals surface area contributed by atoms with Crippen molar-refractivity contribution in [1.29, 1.82) is 0 Å². The van der Waals surface area contributed by atoms with Gasteiger partial charge in [-0.15, -0.1) is 10.2 Å². The first-order chi connectivity index (χ1) is 16.1. The van der Waals surface area contributed by atoms with Gasteiger partial charge in [0.05, 0.1) is 31.0 Å². The smallest absolute Gasteiger partial charge is 0.236 e. The highest BCUT2D eigenvalue weighted by Crippen LogP contribution is 2.40. The second kappa shape index (κ2) is 9.21. The predicted octanol–water partition coefficient (Wildman–Crippen LogP) is 4.28. The van der Waals surface area contributed by atoms with E-state index in [0.717, 1.165) is 11.1 Å². The van der Waals surface area contributed by atoms with E-state index in [1.165, 1.54) is 11.8 Å². The average Bonchev–Trinajstić information content (AvgIpc) is 3.52. The number of benzene rings is 2. The molecular weight excluding hydrogens is 462 g/mol. The fourth-order valence-electron chi connectivity index (χ4n) is 3.64. The second-order valence-corrected chi connectivity index (χ2v) is 8.86. The molecule has 3 heterocycles. The molecule has 2 aromatic heterocycles. The summed E-state index contributed by atoms with van der Waals surface area (Å²) in [5, 5.41) is 12.2. The summed E-state index contributed by atoms with van der Waals surface area (Å²) in [5.74, 6) is 1.75. The molecular formula is C23H20ClN5O3S. The van der Waals surface area contributed by atoms with Crippen molar-refractivity contribution in [3.63, 3.8) is 0 Å². The molecule has 0 radical (unpaired) electrons. The molecule has 0 fully saturated rings. The van der Waals surface area contributed by atoms with E-state index in [2.05, 4.69) is 20.9 Å². The Kier molecular flexibility index (Phi) is 5.97. The van der Waals surface area contributed by atoms with Crippen LogP contribution in [0.15, 0.2) is 76.5 Å². The molecule has 168 valence electrons. The number of furan rings is 1. The highest BCUT2D eigenvalue weighted by molar-refractivity contribution is 8.00. The van der Waals surface area contributed by atoms with Crippen molar-refractivity contribution in [2.75, 3.05) is 12.5 Å². The summed E-state index contributed by atoms with van der Waals surface area (Å²) in [6, 6.07) is 18.5.